The minimum absolute atomic E-state index is 0.668. The van der Waals surface area contributed by atoms with Gasteiger partial charge >= 0.3 is 0 Å². The van der Waals surface area contributed by atoms with E-state index in [1.54, 1.807) is 0 Å². The van der Waals surface area contributed by atoms with Crippen molar-refractivity contribution in [1.82, 2.24) is 9.47 Å². The highest BCUT2D eigenvalue weighted by Gasteiger charge is 2.24. The van der Waals surface area contributed by atoms with E-state index in [1.807, 2.05) is 6.07 Å². The van der Waals surface area contributed by atoms with E-state index in [9.17, 15) is 0 Å². The molecule has 0 radical (unpaired) electrons. The molecule has 106 valence electrons. The van der Waals surface area contributed by atoms with Crippen molar-refractivity contribution in [1.29, 1.82) is 0 Å². The molecule has 19 heavy (non-hydrogen) atoms. The smallest absolute Gasteiger partial charge is 0.0898 e. The minimum atomic E-state index is 0.668. The standard InChI is InChI=1S/C15H25N3O/c1-3-8-17(9-4-2)13-7-10-18-14(11-13)5-6-15(18)12-16-19/h5-6,12-13,19H,3-4,7-11H2,1-2H3/b16-12-/t13-/m0/s1. The third kappa shape index (κ3) is 3.18. The summed E-state index contributed by atoms with van der Waals surface area (Å²) in [7, 11) is 0. The number of aromatic nitrogens is 1. The van der Waals surface area contributed by atoms with Gasteiger partial charge in [-0.3, -0.25) is 4.90 Å². The molecular weight excluding hydrogens is 238 g/mol. The van der Waals surface area contributed by atoms with Crippen molar-refractivity contribution in [3.05, 3.63) is 23.5 Å². The van der Waals surface area contributed by atoms with E-state index in [1.165, 1.54) is 44.3 Å². The molecule has 0 fully saturated rings. The number of rotatable bonds is 6. The first-order valence-corrected chi connectivity index (χ1v) is 7.40. The van der Waals surface area contributed by atoms with Crippen LogP contribution in [0, 0.1) is 0 Å². The summed E-state index contributed by atoms with van der Waals surface area (Å²) >= 11 is 0. The average molecular weight is 263 g/mol. The van der Waals surface area contributed by atoms with Crippen molar-refractivity contribution in [2.75, 3.05) is 13.1 Å². The molecule has 4 heteroatoms. The lowest BCUT2D eigenvalue weighted by Gasteiger charge is -2.35. The first kappa shape index (κ1) is 14.1. The second-order valence-corrected chi connectivity index (χ2v) is 5.33. The van der Waals surface area contributed by atoms with Gasteiger partial charge in [0.2, 0.25) is 0 Å². The molecule has 1 aromatic heterocycles. The van der Waals surface area contributed by atoms with Gasteiger partial charge in [-0.05, 0) is 44.5 Å². The zero-order chi connectivity index (χ0) is 13.7. The largest absolute Gasteiger partial charge is 0.411 e. The van der Waals surface area contributed by atoms with Crippen LogP contribution in [0.4, 0.5) is 0 Å². The molecule has 0 saturated heterocycles. The zero-order valence-corrected chi connectivity index (χ0v) is 12.0. The molecule has 1 aliphatic rings. The Kier molecular flexibility index (Phi) is 5.02. The normalized spacial score (nSPS) is 19.2. The van der Waals surface area contributed by atoms with Crippen LogP contribution in [0.2, 0.25) is 0 Å². The van der Waals surface area contributed by atoms with Gasteiger partial charge in [0.15, 0.2) is 0 Å². The van der Waals surface area contributed by atoms with Crippen molar-refractivity contribution in [3.8, 4) is 0 Å². The summed E-state index contributed by atoms with van der Waals surface area (Å²) in [6.07, 6.45) is 6.27. The Morgan fingerprint density at radius 1 is 1.37 bits per heavy atom. The van der Waals surface area contributed by atoms with Crippen LogP contribution in [0.25, 0.3) is 0 Å². The molecule has 0 saturated carbocycles. The Hall–Kier alpha value is -1.29. The van der Waals surface area contributed by atoms with Gasteiger partial charge in [-0.15, -0.1) is 0 Å². The van der Waals surface area contributed by atoms with E-state index < -0.39 is 0 Å². The highest BCUT2D eigenvalue weighted by Crippen LogP contribution is 2.22. The van der Waals surface area contributed by atoms with E-state index in [-0.39, 0.29) is 0 Å². The van der Waals surface area contributed by atoms with Gasteiger partial charge in [-0.1, -0.05) is 19.0 Å². The van der Waals surface area contributed by atoms with Gasteiger partial charge in [0.1, 0.15) is 0 Å². The molecule has 0 spiro atoms. The fourth-order valence-corrected chi connectivity index (χ4v) is 3.13. The summed E-state index contributed by atoms with van der Waals surface area (Å²) < 4.78 is 2.27. The Balaban J connectivity index is 2.08. The molecule has 1 N–H and O–H groups in total. The van der Waals surface area contributed by atoms with Crippen LogP contribution in [0.1, 0.15) is 44.5 Å². The fraction of sp³-hybridized carbons (Fsp3) is 0.667. The third-order valence-corrected chi connectivity index (χ3v) is 3.96. The molecule has 0 aliphatic carbocycles. The minimum Gasteiger partial charge on any atom is -0.411 e. The molecule has 0 amide bonds. The molecule has 0 unspecified atom stereocenters. The molecular formula is C15H25N3O. The molecule has 0 aromatic carbocycles. The molecule has 2 heterocycles. The van der Waals surface area contributed by atoms with E-state index in [4.69, 9.17) is 5.21 Å². The number of nitrogens with zero attached hydrogens (tertiary/aromatic N) is 3. The first-order valence-electron chi connectivity index (χ1n) is 7.40. The van der Waals surface area contributed by atoms with E-state index in [2.05, 4.69) is 34.5 Å². The lowest BCUT2D eigenvalue weighted by atomic mass is 10.0. The Morgan fingerprint density at radius 2 is 2.11 bits per heavy atom. The summed E-state index contributed by atoms with van der Waals surface area (Å²) in [5.74, 6) is 0. The van der Waals surface area contributed by atoms with Crippen LogP contribution >= 0.6 is 0 Å². The lowest BCUT2D eigenvalue weighted by Crippen LogP contribution is -2.41. The van der Waals surface area contributed by atoms with Crippen molar-refractivity contribution >= 4 is 6.21 Å². The number of hydrogen-bond acceptors (Lipinski definition) is 3. The van der Waals surface area contributed by atoms with Crippen molar-refractivity contribution < 1.29 is 5.21 Å². The second kappa shape index (κ2) is 6.75. The number of hydrogen-bond donors (Lipinski definition) is 1. The molecule has 2 rings (SSSR count). The Bertz CT molecular complexity index is 419. The van der Waals surface area contributed by atoms with Crippen LogP contribution in [-0.2, 0) is 13.0 Å². The maximum absolute atomic E-state index is 8.67. The summed E-state index contributed by atoms with van der Waals surface area (Å²) in [5, 5.41) is 11.8. The van der Waals surface area contributed by atoms with E-state index in [0.29, 0.717) is 6.04 Å². The topological polar surface area (TPSA) is 40.8 Å². The molecule has 0 bridgehead atoms. The van der Waals surface area contributed by atoms with Gasteiger partial charge in [-0.25, -0.2) is 0 Å². The van der Waals surface area contributed by atoms with Crippen LogP contribution in [0.3, 0.4) is 0 Å². The highest BCUT2D eigenvalue weighted by atomic mass is 16.4. The SMILES string of the molecule is CCCN(CCC)[C@H]1CCn2c(/C=N\O)ccc2C1. The average Bonchev–Trinajstić information content (AvgIpc) is 2.81. The van der Waals surface area contributed by atoms with Gasteiger partial charge in [0, 0.05) is 24.7 Å². The third-order valence-electron chi connectivity index (χ3n) is 3.96. The highest BCUT2D eigenvalue weighted by molar-refractivity contribution is 5.77. The predicted molar refractivity (Wildman–Crippen MR) is 78.1 cm³/mol. The van der Waals surface area contributed by atoms with E-state index >= 15 is 0 Å². The first-order chi connectivity index (χ1) is 9.30. The summed E-state index contributed by atoms with van der Waals surface area (Å²) in [5.41, 5.74) is 2.37. The lowest BCUT2D eigenvalue weighted by molar-refractivity contribution is 0.167. The molecule has 1 aliphatic heterocycles. The van der Waals surface area contributed by atoms with Crippen LogP contribution < -0.4 is 0 Å². The van der Waals surface area contributed by atoms with E-state index in [0.717, 1.165) is 18.7 Å². The van der Waals surface area contributed by atoms with Gasteiger partial charge in [-0.2, -0.15) is 0 Å². The van der Waals surface area contributed by atoms with Crippen LogP contribution in [-0.4, -0.2) is 40.0 Å². The Labute approximate surface area is 115 Å². The zero-order valence-electron chi connectivity index (χ0n) is 12.0. The summed E-state index contributed by atoms with van der Waals surface area (Å²) in [4.78, 5) is 2.64. The van der Waals surface area contributed by atoms with Crippen LogP contribution in [0.5, 0.6) is 0 Å². The van der Waals surface area contributed by atoms with Gasteiger partial charge in [0.25, 0.3) is 0 Å². The second-order valence-electron chi connectivity index (χ2n) is 5.33. The van der Waals surface area contributed by atoms with Crippen LogP contribution in [0.15, 0.2) is 17.3 Å². The maximum atomic E-state index is 8.67. The van der Waals surface area contributed by atoms with Crippen molar-refractivity contribution in [2.45, 2.75) is 52.1 Å². The quantitative estimate of drug-likeness (QED) is 0.487. The summed E-state index contributed by atoms with van der Waals surface area (Å²) in [6, 6.07) is 4.88. The van der Waals surface area contributed by atoms with Gasteiger partial charge < -0.3 is 9.77 Å². The van der Waals surface area contributed by atoms with Gasteiger partial charge in [0.05, 0.1) is 11.9 Å². The fourth-order valence-electron chi connectivity index (χ4n) is 3.13. The monoisotopic (exact) mass is 263 g/mol. The molecule has 1 atom stereocenters. The maximum Gasteiger partial charge on any atom is 0.0898 e. The molecule has 4 nitrogen and oxygen atoms in total. The van der Waals surface area contributed by atoms with Crippen molar-refractivity contribution in [3.63, 3.8) is 0 Å². The molecule has 1 aromatic rings. The predicted octanol–water partition coefficient (Wildman–Crippen LogP) is 2.73. The summed E-state index contributed by atoms with van der Waals surface area (Å²) in [6.45, 7) is 7.93. The Morgan fingerprint density at radius 3 is 2.74 bits per heavy atom. The van der Waals surface area contributed by atoms with Crippen molar-refractivity contribution in [2.24, 2.45) is 5.16 Å². The number of oxime groups is 1. The number of fused-ring (bicyclic) bond motifs is 1.